The van der Waals surface area contributed by atoms with Crippen molar-refractivity contribution in [3.05, 3.63) is 0 Å². The van der Waals surface area contributed by atoms with Crippen molar-refractivity contribution in [2.45, 2.75) is 46.1 Å². The SMILES string of the molecule is CC.CC(=O)C(N)CC1CCN(CC=O)CC1.CO. The fourth-order valence-corrected chi connectivity index (χ4v) is 2.04. The Kier molecular flexibility index (Phi) is 14.8. The number of Topliss-reactive ketones (excluding diaryl/α,β-unsaturated/α-hetero) is 1. The lowest BCUT2D eigenvalue weighted by molar-refractivity contribution is -0.118. The van der Waals surface area contributed by atoms with E-state index in [9.17, 15) is 9.59 Å². The molecular weight excluding hydrogens is 244 g/mol. The summed E-state index contributed by atoms with van der Waals surface area (Å²) in [6, 6.07) is -0.298. The van der Waals surface area contributed by atoms with Gasteiger partial charge >= 0.3 is 0 Å². The van der Waals surface area contributed by atoms with Gasteiger partial charge in [-0.1, -0.05) is 13.8 Å². The first kappa shape index (κ1) is 20.5. The summed E-state index contributed by atoms with van der Waals surface area (Å²) < 4.78 is 0. The van der Waals surface area contributed by atoms with Crippen LogP contribution in [0.2, 0.25) is 0 Å². The molecule has 0 aromatic carbocycles. The molecule has 1 aliphatic heterocycles. The first-order valence-corrected chi connectivity index (χ1v) is 7.00. The van der Waals surface area contributed by atoms with Crippen LogP contribution in [0.25, 0.3) is 0 Å². The van der Waals surface area contributed by atoms with Crippen molar-refractivity contribution in [3.63, 3.8) is 0 Å². The van der Waals surface area contributed by atoms with Gasteiger partial charge in [0.2, 0.25) is 0 Å². The number of aliphatic hydroxyl groups excluding tert-OH is 1. The normalized spacial score (nSPS) is 17.4. The Hall–Kier alpha value is -0.780. The van der Waals surface area contributed by atoms with Crippen LogP contribution in [0.1, 0.15) is 40.0 Å². The monoisotopic (exact) mass is 274 g/mol. The van der Waals surface area contributed by atoms with Crippen LogP contribution in [0.4, 0.5) is 0 Å². The highest BCUT2D eigenvalue weighted by Gasteiger charge is 2.22. The molecule has 0 amide bonds. The average molecular weight is 274 g/mol. The molecule has 0 aromatic rings. The molecular formula is C14H30N2O3. The van der Waals surface area contributed by atoms with Crippen LogP contribution >= 0.6 is 0 Å². The minimum Gasteiger partial charge on any atom is -0.400 e. The van der Waals surface area contributed by atoms with Crippen molar-refractivity contribution < 1.29 is 14.7 Å². The van der Waals surface area contributed by atoms with E-state index in [-0.39, 0.29) is 11.8 Å². The van der Waals surface area contributed by atoms with E-state index in [0.717, 1.165) is 45.7 Å². The van der Waals surface area contributed by atoms with Gasteiger partial charge in [-0.25, -0.2) is 0 Å². The zero-order chi connectivity index (χ0) is 15.3. The lowest BCUT2D eigenvalue weighted by Crippen LogP contribution is -2.38. The second kappa shape index (κ2) is 13.6. The van der Waals surface area contributed by atoms with Crippen molar-refractivity contribution in [1.29, 1.82) is 0 Å². The molecule has 1 unspecified atom stereocenters. The number of aldehydes is 1. The van der Waals surface area contributed by atoms with Gasteiger partial charge in [0.25, 0.3) is 0 Å². The molecule has 0 saturated carbocycles. The Morgan fingerprint density at radius 2 is 1.84 bits per heavy atom. The van der Waals surface area contributed by atoms with E-state index in [4.69, 9.17) is 10.8 Å². The average Bonchev–Trinajstić information content (AvgIpc) is 2.45. The van der Waals surface area contributed by atoms with Gasteiger partial charge in [0, 0.05) is 7.11 Å². The molecule has 0 spiro atoms. The Morgan fingerprint density at radius 1 is 1.37 bits per heavy atom. The van der Waals surface area contributed by atoms with Gasteiger partial charge in [-0.15, -0.1) is 0 Å². The molecule has 0 bridgehead atoms. The van der Waals surface area contributed by atoms with Crippen LogP contribution in [0.3, 0.4) is 0 Å². The number of aliphatic hydroxyl groups is 1. The van der Waals surface area contributed by atoms with Crippen molar-refractivity contribution in [2.75, 3.05) is 26.7 Å². The Bertz CT molecular complexity index is 227. The van der Waals surface area contributed by atoms with Gasteiger partial charge in [-0.2, -0.15) is 0 Å². The molecule has 1 atom stereocenters. The lowest BCUT2D eigenvalue weighted by Gasteiger charge is -2.31. The smallest absolute Gasteiger partial charge is 0.146 e. The number of carbonyl (C=O) groups is 2. The summed E-state index contributed by atoms with van der Waals surface area (Å²) >= 11 is 0. The number of hydrogen-bond acceptors (Lipinski definition) is 5. The van der Waals surface area contributed by atoms with Crippen LogP contribution in [-0.4, -0.2) is 54.9 Å². The highest BCUT2D eigenvalue weighted by molar-refractivity contribution is 5.81. The number of rotatable bonds is 5. The number of piperidine rings is 1. The highest BCUT2D eigenvalue weighted by Crippen LogP contribution is 2.21. The van der Waals surface area contributed by atoms with E-state index in [1.165, 1.54) is 0 Å². The van der Waals surface area contributed by atoms with Gasteiger partial charge in [-0.3, -0.25) is 9.69 Å². The summed E-state index contributed by atoms with van der Waals surface area (Å²) in [6.45, 7) is 7.99. The summed E-state index contributed by atoms with van der Waals surface area (Å²) in [6.07, 6.45) is 3.84. The van der Waals surface area contributed by atoms with Crippen LogP contribution in [0, 0.1) is 5.92 Å². The second-order valence-electron chi connectivity index (χ2n) is 4.36. The van der Waals surface area contributed by atoms with Crippen molar-refractivity contribution in [1.82, 2.24) is 4.90 Å². The molecule has 114 valence electrons. The van der Waals surface area contributed by atoms with Gasteiger partial charge < -0.3 is 15.6 Å². The molecule has 1 fully saturated rings. The van der Waals surface area contributed by atoms with Crippen LogP contribution < -0.4 is 5.73 Å². The maximum absolute atomic E-state index is 11.0. The van der Waals surface area contributed by atoms with E-state index in [0.29, 0.717) is 12.5 Å². The Labute approximate surface area is 117 Å². The van der Waals surface area contributed by atoms with E-state index in [2.05, 4.69) is 4.90 Å². The lowest BCUT2D eigenvalue weighted by atomic mass is 9.89. The van der Waals surface area contributed by atoms with Crippen molar-refractivity contribution >= 4 is 12.1 Å². The topological polar surface area (TPSA) is 83.6 Å². The van der Waals surface area contributed by atoms with Gasteiger partial charge in [0.05, 0.1) is 12.6 Å². The van der Waals surface area contributed by atoms with Crippen LogP contribution in [0.5, 0.6) is 0 Å². The van der Waals surface area contributed by atoms with Gasteiger partial charge in [0.15, 0.2) is 0 Å². The van der Waals surface area contributed by atoms with Crippen molar-refractivity contribution in [3.8, 4) is 0 Å². The minimum atomic E-state index is -0.298. The second-order valence-corrected chi connectivity index (χ2v) is 4.36. The molecule has 5 nitrogen and oxygen atoms in total. The zero-order valence-electron chi connectivity index (χ0n) is 12.8. The third-order valence-electron chi connectivity index (χ3n) is 3.15. The molecule has 5 heteroatoms. The molecule has 0 radical (unpaired) electrons. The quantitative estimate of drug-likeness (QED) is 0.726. The summed E-state index contributed by atoms with van der Waals surface area (Å²) in [4.78, 5) is 23.5. The summed E-state index contributed by atoms with van der Waals surface area (Å²) in [5.41, 5.74) is 5.72. The largest absolute Gasteiger partial charge is 0.400 e. The molecule has 3 N–H and O–H groups in total. The maximum atomic E-state index is 11.0. The van der Waals surface area contributed by atoms with Crippen LogP contribution in [0.15, 0.2) is 0 Å². The van der Waals surface area contributed by atoms with Crippen molar-refractivity contribution in [2.24, 2.45) is 11.7 Å². The van der Waals surface area contributed by atoms with Crippen LogP contribution in [-0.2, 0) is 9.59 Å². The number of carbonyl (C=O) groups excluding carboxylic acids is 2. The number of nitrogens with zero attached hydrogens (tertiary/aromatic N) is 1. The number of hydrogen-bond donors (Lipinski definition) is 2. The highest BCUT2D eigenvalue weighted by atomic mass is 16.2. The minimum absolute atomic E-state index is 0.0744. The number of nitrogens with two attached hydrogens (primary N) is 1. The summed E-state index contributed by atoms with van der Waals surface area (Å²) in [5, 5.41) is 7.00. The van der Waals surface area contributed by atoms with E-state index in [1.807, 2.05) is 13.8 Å². The molecule has 1 rings (SSSR count). The molecule has 0 aliphatic carbocycles. The van der Waals surface area contributed by atoms with Gasteiger partial charge in [0.1, 0.15) is 12.1 Å². The molecule has 1 saturated heterocycles. The Balaban J connectivity index is 0. The molecule has 19 heavy (non-hydrogen) atoms. The number of likely N-dealkylation sites (tertiary alicyclic amines) is 1. The third kappa shape index (κ3) is 9.76. The van der Waals surface area contributed by atoms with E-state index in [1.54, 1.807) is 6.92 Å². The zero-order valence-corrected chi connectivity index (χ0v) is 12.8. The third-order valence-corrected chi connectivity index (χ3v) is 3.15. The standard InChI is InChI=1S/C11H20N2O2.C2H6.CH4O/c1-9(15)11(12)8-10-2-4-13(5-3-10)6-7-14;2*1-2/h7,10-11H,2-6,8,12H2,1H3;1-2H3;2H,1H3. The number of ketones is 1. The van der Waals surface area contributed by atoms with E-state index >= 15 is 0 Å². The predicted octanol–water partition coefficient (Wildman–Crippen LogP) is 0.838. The summed E-state index contributed by atoms with van der Waals surface area (Å²) in [7, 11) is 1.00. The molecule has 1 aliphatic rings. The fourth-order valence-electron chi connectivity index (χ4n) is 2.04. The maximum Gasteiger partial charge on any atom is 0.146 e. The first-order chi connectivity index (χ1) is 9.13. The Morgan fingerprint density at radius 3 is 2.21 bits per heavy atom. The molecule has 0 aromatic heterocycles. The van der Waals surface area contributed by atoms with Gasteiger partial charge in [-0.05, 0) is 45.2 Å². The fraction of sp³-hybridized carbons (Fsp3) is 0.857. The predicted molar refractivity (Wildman–Crippen MR) is 78.0 cm³/mol. The van der Waals surface area contributed by atoms with E-state index < -0.39 is 0 Å². The molecule has 1 heterocycles. The summed E-state index contributed by atoms with van der Waals surface area (Å²) in [5.74, 6) is 0.622. The first-order valence-electron chi connectivity index (χ1n) is 7.00.